The summed E-state index contributed by atoms with van der Waals surface area (Å²) in [5.74, 6) is -0.935. The van der Waals surface area contributed by atoms with Gasteiger partial charge in [0.2, 0.25) is 10.4 Å². The minimum atomic E-state index is -4.42. The first-order chi connectivity index (χ1) is 7.70. The van der Waals surface area contributed by atoms with E-state index >= 15 is 0 Å². The number of nitrogens with zero attached hydrogens (tertiary/aromatic N) is 1. The van der Waals surface area contributed by atoms with Crippen LogP contribution in [0.1, 0.15) is 13.8 Å². The second-order valence-corrected chi connectivity index (χ2v) is 5.64. The molecule has 0 amide bonds. The number of carboxylic acid groups (broad SMARTS) is 1. The Kier molecular flexibility index (Phi) is 12.4. The van der Waals surface area contributed by atoms with Gasteiger partial charge in [-0.25, -0.2) is 13.2 Å². The second kappa shape index (κ2) is 10.0. The van der Waals surface area contributed by atoms with Crippen molar-refractivity contribution in [1.29, 1.82) is 0 Å². The Balaban J connectivity index is -0.000000190. The summed E-state index contributed by atoms with van der Waals surface area (Å²) in [7, 11) is 4.08. The topological polar surface area (TPSA) is 104 Å². The molecule has 0 aromatic rings. The Hall–Kier alpha value is -0.960. The molecule has 0 atom stereocenters. The van der Waals surface area contributed by atoms with Crippen LogP contribution in [0, 0.1) is 0 Å². The summed E-state index contributed by atoms with van der Waals surface area (Å²) in [5, 5.41) is 7.89. The van der Waals surface area contributed by atoms with Gasteiger partial charge in [-0.05, 0) is 13.8 Å². The minimum absolute atomic E-state index is 0.0914. The van der Waals surface area contributed by atoms with E-state index in [2.05, 4.69) is 39.0 Å². The van der Waals surface area contributed by atoms with Gasteiger partial charge >= 0.3 is 5.97 Å². The monoisotopic (exact) mass is 285 g/mol. The van der Waals surface area contributed by atoms with Gasteiger partial charge in [-0.3, -0.25) is 4.18 Å². The first-order valence-electron chi connectivity index (χ1n) is 4.98. The molecule has 0 rings (SSSR count). The number of carbonyl (C=O) groups is 1. The molecule has 0 fully saturated rings. The molecule has 0 aliphatic carbocycles. The Labute approximate surface area is 109 Å². The molecule has 1 N–H and O–H groups in total. The maximum atomic E-state index is 9.60. The molecule has 7 nitrogen and oxygen atoms in total. The highest BCUT2D eigenvalue weighted by Crippen LogP contribution is 1.81. The van der Waals surface area contributed by atoms with Gasteiger partial charge in [0.15, 0.2) is 0 Å². The zero-order valence-corrected chi connectivity index (χ0v) is 12.6. The van der Waals surface area contributed by atoms with Crippen LogP contribution < -0.4 is 0 Å². The van der Waals surface area contributed by atoms with Crippen molar-refractivity contribution in [2.24, 2.45) is 0 Å². The van der Waals surface area contributed by atoms with Gasteiger partial charge in [-0.15, -0.1) is 0 Å². The predicted molar refractivity (Wildman–Crippen MR) is 67.7 cm³/mol. The predicted octanol–water partition coefficient (Wildman–Crippen LogP) is 0.453. The smallest absolute Gasteiger partial charge is 0.330 e. The fourth-order valence-corrected chi connectivity index (χ4v) is 0.433. The van der Waals surface area contributed by atoms with Gasteiger partial charge in [0.1, 0.15) is 0 Å². The SMILES string of the molecule is C=C(C)C(=O)O.CCOS(=O)(=O)[O-].C[N+](C)(C)C. The summed E-state index contributed by atoms with van der Waals surface area (Å²) in [6.07, 6.45) is 0. The van der Waals surface area contributed by atoms with Gasteiger partial charge in [0.05, 0.1) is 34.8 Å². The average molecular weight is 285 g/mol. The fourth-order valence-electron chi connectivity index (χ4n) is 0.144. The molecule has 0 saturated heterocycles. The number of carboxylic acids is 1. The molecule has 0 aromatic carbocycles. The highest BCUT2D eigenvalue weighted by Gasteiger charge is 1.90. The van der Waals surface area contributed by atoms with Crippen LogP contribution in [0.2, 0.25) is 0 Å². The third-order valence-corrected chi connectivity index (χ3v) is 1.15. The van der Waals surface area contributed by atoms with Gasteiger partial charge in [0, 0.05) is 5.57 Å². The van der Waals surface area contributed by atoms with Crippen LogP contribution in [0.5, 0.6) is 0 Å². The first-order valence-corrected chi connectivity index (χ1v) is 6.32. The second-order valence-electron chi connectivity index (χ2n) is 4.58. The number of quaternary nitrogens is 1. The molecular formula is C10H23NO6S. The zero-order valence-electron chi connectivity index (χ0n) is 11.8. The number of aliphatic carboxylic acids is 1. The summed E-state index contributed by atoms with van der Waals surface area (Å²) in [6, 6.07) is 0. The molecular weight excluding hydrogens is 262 g/mol. The maximum absolute atomic E-state index is 9.60. The van der Waals surface area contributed by atoms with E-state index in [0.29, 0.717) is 0 Å². The normalized spacial score (nSPS) is 10.4. The van der Waals surface area contributed by atoms with E-state index < -0.39 is 16.4 Å². The van der Waals surface area contributed by atoms with Crippen LogP contribution in [0.4, 0.5) is 0 Å². The van der Waals surface area contributed by atoms with E-state index in [0.717, 1.165) is 4.48 Å². The van der Waals surface area contributed by atoms with Crippen molar-refractivity contribution in [3.63, 3.8) is 0 Å². The molecule has 0 radical (unpaired) electrons. The fraction of sp³-hybridized carbons (Fsp3) is 0.700. The highest BCUT2D eigenvalue weighted by molar-refractivity contribution is 7.80. The molecule has 0 bridgehead atoms. The van der Waals surface area contributed by atoms with Crippen LogP contribution in [-0.2, 0) is 19.4 Å². The van der Waals surface area contributed by atoms with Crippen LogP contribution in [0.25, 0.3) is 0 Å². The number of rotatable bonds is 3. The summed E-state index contributed by atoms with van der Waals surface area (Å²) in [4.78, 5) is 9.60. The van der Waals surface area contributed by atoms with Crippen LogP contribution in [0.3, 0.4) is 0 Å². The third-order valence-electron chi connectivity index (χ3n) is 0.627. The molecule has 0 aliphatic rings. The van der Waals surface area contributed by atoms with Gasteiger partial charge in [-0.2, -0.15) is 0 Å². The van der Waals surface area contributed by atoms with E-state index in [1.807, 2.05) is 0 Å². The lowest BCUT2D eigenvalue weighted by molar-refractivity contribution is -0.849. The Morgan fingerprint density at radius 2 is 1.56 bits per heavy atom. The first kappa shape index (κ1) is 22.2. The maximum Gasteiger partial charge on any atom is 0.330 e. The van der Waals surface area contributed by atoms with Crippen molar-refractivity contribution in [3.8, 4) is 0 Å². The van der Waals surface area contributed by atoms with Crippen LogP contribution in [0.15, 0.2) is 12.2 Å². The summed E-state index contributed by atoms with van der Waals surface area (Å²) in [6.45, 7) is 5.94. The van der Waals surface area contributed by atoms with E-state index in [9.17, 15) is 17.8 Å². The standard InChI is InChI=1S/C4H12N.C4H6O2.C2H6O4S/c1-5(2,3)4;1-3(2)4(5)6;1-2-6-7(3,4)5/h1-4H3;1H2,2H3,(H,5,6);2H2,1H3,(H,3,4,5)/q+1;;/p-1. The lowest BCUT2D eigenvalue weighted by Crippen LogP contribution is -2.27. The average Bonchev–Trinajstić information content (AvgIpc) is 1.98. The minimum Gasteiger partial charge on any atom is -0.726 e. The van der Waals surface area contributed by atoms with Gasteiger partial charge in [-0.1, -0.05) is 6.58 Å². The van der Waals surface area contributed by atoms with Crippen molar-refractivity contribution in [2.45, 2.75) is 13.8 Å². The highest BCUT2D eigenvalue weighted by atomic mass is 32.3. The quantitative estimate of drug-likeness (QED) is 0.349. The van der Waals surface area contributed by atoms with E-state index in [-0.39, 0.29) is 12.2 Å². The van der Waals surface area contributed by atoms with E-state index in [1.54, 1.807) is 0 Å². The number of hydrogen-bond donors (Lipinski definition) is 1. The molecule has 0 spiro atoms. The van der Waals surface area contributed by atoms with Gasteiger partial charge in [0.25, 0.3) is 0 Å². The van der Waals surface area contributed by atoms with Crippen LogP contribution in [-0.4, -0.2) is 63.3 Å². The van der Waals surface area contributed by atoms with Crippen molar-refractivity contribution in [3.05, 3.63) is 12.2 Å². The van der Waals surface area contributed by atoms with Crippen molar-refractivity contribution >= 4 is 16.4 Å². The molecule has 18 heavy (non-hydrogen) atoms. The van der Waals surface area contributed by atoms with E-state index in [1.165, 1.54) is 13.8 Å². The molecule has 110 valence electrons. The van der Waals surface area contributed by atoms with Crippen molar-refractivity contribution < 1.29 is 31.5 Å². The largest absolute Gasteiger partial charge is 0.726 e. The third kappa shape index (κ3) is 59.8. The lowest BCUT2D eigenvalue weighted by Gasteiger charge is -2.14. The molecule has 8 heteroatoms. The van der Waals surface area contributed by atoms with E-state index in [4.69, 9.17) is 5.11 Å². The molecule has 0 heterocycles. The Bertz CT molecular complexity index is 324. The molecule has 0 saturated carbocycles. The lowest BCUT2D eigenvalue weighted by atomic mass is 10.4. The zero-order chi connectivity index (χ0) is 15.6. The Morgan fingerprint density at radius 1 is 1.33 bits per heavy atom. The molecule has 0 aliphatic heterocycles. The van der Waals surface area contributed by atoms with Gasteiger partial charge < -0.3 is 14.1 Å². The van der Waals surface area contributed by atoms with Crippen LogP contribution >= 0.6 is 0 Å². The summed E-state index contributed by atoms with van der Waals surface area (Å²) < 4.78 is 33.0. The number of hydrogen-bond acceptors (Lipinski definition) is 5. The van der Waals surface area contributed by atoms with Crippen molar-refractivity contribution in [2.75, 3.05) is 34.8 Å². The molecule has 0 unspecified atom stereocenters. The van der Waals surface area contributed by atoms with Crippen molar-refractivity contribution in [1.82, 2.24) is 0 Å². The Morgan fingerprint density at radius 3 is 1.56 bits per heavy atom. The molecule has 0 aromatic heterocycles. The summed E-state index contributed by atoms with van der Waals surface area (Å²) >= 11 is 0. The summed E-state index contributed by atoms with van der Waals surface area (Å²) in [5.41, 5.74) is 0.176.